The molecule has 78 valence electrons. The summed E-state index contributed by atoms with van der Waals surface area (Å²) in [4.78, 5) is 15.0. The monoisotopic (exact) mass is 198 g/mol. The summed E-state index contributed by atoms with van der Waals surface area (Å²) in [5.41, 5.74) is 5.22. The third kappa shape index (κ3) is 3.53. The number of carbonyl (C=O) groups excluding carboxylic acids is 1. The van der Waals surface area contributed by atoms with E-state index in [1.54, 1.807) is 6.92 Å². The Morgan fingerprint density at radius 2 is 2.43 bits per heavy atom. The van der Waals surface area contributed by atoms with E-state index in [0.29, 0.717) is 37.6 Å². The number of nitrogens with zero attached hydrogens (tertiary/aromatic N) is 2. The van der Waals surface area contributed by atoms with Gasteiger partial charge in [-0.15, -0.1) is 0 Å². The van der Waals surface area contributed by atoms with Gasteiger partial charge in [-0.3, -0.25) is 4.79 Å². The highest BCUT2D eigenvalue weighted by Gasteiger charge is 2.03. The minimum Gasteiger partial charge on any atom is -0.356 e. The van der Waals surface area contributed by atoms with Crippen LogP contribution in [-0.4, -0.2) is 29.1 Å². The molecule has 0 fully saturated rings. The maximum absolute atomic E-state index is 11.0. The quantitative estimate of drug-likeness (QED) is 0.658. The first-order valence-corrected chi connectivity index (χ1v) is 4.48. The van der Waals surface area contributed by atoms with E-state index in [1.807, 2.05) is 0 Å². The number of hydrogen-bond donors (Lipinski definition) is 2. The number of nitrogens with two attached hydrogens (primary N) is 1. The Kier molecular flexibility index (Phi) is 4.06. The van der Waals surface area contributed by atoms with Gasteiger partial charge in [0.05, 0.1) is 0 Å². The topological polar surface area (TPSA) is 94.0 Å². The molecule has 1 aromatic rings. The average Bonchev–Trinajstić information content (AvgIpc) is 2.52. The summed E-state index contributed by atoms with van der Waals surface area (Å²) in [6, 6.07) is 0. The van der Waals surface area contributed by atoms with E-state index in [9.17, 15) is 4.79 Å². The number of hydrogen-bond acceptors (Lipinski definition) is 5. The molecule has 3 N–H and O–H groups in total. The first-order valence-electron chi connectivity index (χ1n) is 4.48. The molecule has 0 saturated heterocycles. The fourth-order valence-corrected chi connectivity index (χ4v) is 0.976. The van der Waals surface area contributed by atoms with Crippen molar-refractivity contribution in [2.75, 3.05) is 13.1 Å². The molecular weight excluding hydrogens is 184 g/mol. The van der Waals surface area contributed by atoms with E-state index in [1.165, 1.54) is 0 Å². The van der Waals surface area contributed by atoms with Crippen LogP contribution in [0.5, 0.6) is 0 Å². The standard InChI is InChI=1S/C8H14N4O2/c1-6-11-7(12-14-6)3-5-10-8(13)2-4-9/h2-5,9H2,1H3,(H,10,13). The third-order valence-corrected chi connectivity index (χ3v) is 1.61. The van der Waals surface area contributed by atoms with Gasteiger partial charge in [0, 0.05) is 32.9 Å². The Morgan fingerprint density at radius 3 is 3.00 bits per heavy atom. The lowest BCUT2D eigenvalue weighted by Gasteiger charge is -2.00. The average molecular weight is 198 g/mol. The van der Waals surface area contributed by atoms with Crippen LogP contribution in [0.2, 0.25) is 0 Å². The Balaban J connectivity index is 2.18. The molecule has 0 bridgehead atoms. The van der Waals surface area contributed by atoms with Gasteiger partial charge in [-0.05, 0) is 0 Å². The number of amides is 1. The second-order valence-corrected chi connectivity index (χ2v) is 2.87. The van der Waals surface area contributed by atoms with Gasteiger partial charge in [0.1, 0.15) is 0 Å². The molecule has 0 saturated carbocycles. The largest absolute Gasteiger partial charge is 0.356 e. The lowest BCUT2D eigenvalue weighted by atomic mass is 10.3. The Hall–Kier alpha value is -1.43. The van der Waals surface area contributed by atoms with E-state index in [2.05, 4.69) is 15.5 Å². The van der Waals surface area contributed by atoms with Gasteiger partial charge in [-0.2, -0.15) is 4.98 Å². The number of aryl methyl sites for hydroxylation is 1. The zero-order valence-electron chi connectivity index (χ0n) is 8.12. The van der Waals surface area contributed by atoms with Gasteiger partial charge < -0.3 is 15.6 Å². The fraction of sp³-hybridized carbons (Fsp3) is 0.625. The molecular formula is C8H14N4O2. The van der Waals surface area contributed by atoms with Gasteiger partial charge in [0.25, 0.3) is 0 Å². The summed E-state index contributed by atoms with van der Waals surface area (Å²) in [6.45, 7) is 2.61. The summed E-state index contributed by atoms with van der Waals surface area (Å²) < 4.78 is 4.78. The van der Waals surface area contributed by atoms with Gasteiger partial charge in [0.2, 0.25) is 11.8 Å². The maximum Gasteiger partial charge on any atom is 0.223 e. The molecule has 0 aliphatic rings. The normalized spacial score (nSPS) is 10.1. The van der Waals surface area contributed by atoms with Gasteiger partial charge in [-0.1, -0.05) is 5.16 Å². The molecule has 6 nitrogen and oxygen atoms in total. The minimum absolute atomic E-state index is 0.0484. The van der Waals surface area contributed by atoms with Crippen LogP contribution >= 0.6 is 0 Å². The van der Waals surface area contributed by atoms with Crippen molar-refractivity contribution in [2.24, 2.45) is 5.73 Å². The Bertz CT molecular complexity index is 297. The molecule has 14 heavy (non-hydrogen) atoms. The van der Waals surface area contributed by atoms with Crippen molar-refractivity contribution in [1.82, 2.24) is 15.5 Å². The first kappa shape index (κ1) is 10.6. The molecule has 0 atom stereocenters. The molecule has 0 aliphatic heterocycles. The lowest BCUT2D eigenvalue weighted by Crippen LogP contribution is -2.27. The predicted molar refractivity (Wildman–Crippen MR) is 49.4 cm³/mol. The molecule has 0 spiro atoms. The highest BCUT2D eigenvalue weighted by atomic mass is 16.5. The summed E-state index contributed by atoms with van der Waals surface area (Å²) in [7, 11) is 0. The highest BCUT2D eigenvalue weighted by Crippen LogP contribution is 1.94. The van der Waals surface area contributed by atoms with Crippen molar-refractivity contribution in [2.45, 2.75) is 19.8 Å². The maximum atomic E-state index is 11.0. The SMILES string of the molecule is Cc1nc(CCNC(=O)CCN)no1. The first-order chi connectivity index (χ1) is 6.72. The van der Waals surface area contributed by atoms with Crippen molar-refractivity contribution >= 4 is 5.91 Å². The molecule has 1 heterocycles. The van der Waals surface area contributed by atoms with E-state index >= 15 is 0 Å². The van der Waals surface area contributed by atoms with Crippen LogP contribution in [0, 0.1) is 6.92 Å². The van der Waals surface area contributed by atoms with Crippen molar-refractivity contribution in [3.8, 4) is 0 Å². The van der Waals surface area contributed by atoms with E-state index in [-0.39, 0.29) is 5.91 Å². The molecule has 1 amide bonds. The smallest absolute Gasteiger partial charge is 0.223 e. The lowest BCUT2D eigenvalue weighted by molar-refractivity contribution is -0.120. The molecule has 6 heteroatoms. The molecule has 0 aromatic carbocycles. The second kappa shape index (κ2) is 5.33. The number of carbonyl (C=O) groups is 1. The summed E-state index contributed by atoms with van der Waals surface area (Å²) in [6.07, 6.45) is 0.929. The second-order valence-electron chi connectivity index (χ2n) is 2.87. The molecule has 1 aromatic heterocycles. The van der Waals surface area contributed by atoms with E-state index in [4.69, 9.17) is 10.3 Å². The molecule has 1 rings (SSSR count). The zero-order valence-corrected chi connectivity index (χ0v) is 8.12. The van der Waals surface area contributed by atoms with Crippen LogP contribution in [0.25, 0.3) is 0 Å². The van der Waals surface area contributed by atoms with Crippen LogP contribution in [0.15, 0.2) is 4.52 Å². The van der Waals surface area contributed by atoms with Crippen LogP contribution in [0.3, 0.4) is 0 Å². The number of rotatable bonds is 5. The van der Waals surface area contributed by atoms with Gasteiger partial charge in [-0.25, -0.2) is 0 Å². The Morgan fingerprint density at radius 1 is 1.64 bits per heavy atom. The van der Waals surface area contributed by atoms with Crippen molar-refractivity contribution in [3.63, 3.8) is 0 Å². The third-order valence-electron chi connectivity index (χ3n) is 1.61. The van der Waals surface area contributed by atoms with Gasteiger partial charge >= 0.3 is 0 Å². The fourth-order valence-electron chi connectivity index (χ4n) is 0.976. The number of aromatic nitrogens is 2. The summed E-state index contributed by atoms with van der Waals surface area (Å²) >= 11 is 0. The van der Waals surface area contributed by atoms with Crippen LogP contribution in [0.4, 0.5) is 0 Å². The molecule has 0 unspecified atom stereocenters. The van der Waals surface area contributed by atoms with E-state index < -0.39 is 0 Å². The molecule has 0 radical (unpaired) electrons. The summed E-state index contributed by atoms with van der Waals surface area (Å²) in [5.74, 6) is 1.09. The van der Waals surface area contributed by atoms with Crippen LogP contribution < -0.4 is 11.1 Å². The van der Waals surface area contributed by atoms with E-state index in [0.717, 1.165) is 0 Å². The Labute approximate surface area is 81.9 Å². The van der Waals surface area contributed by atoms with Crippen LogP contribution in [0.1, 0.15) is 18.1 Å². The number of nitrogens with one attached hydrogen (secondary N) is 1. The van der Waals surface area contributed by atoms with Crippen molar-refractivity contribution in [3.05, 3.63) is 11.7 Å². The van der Waals surface area contributed by atoms with Gasteiger partial charge in [0.15, 0.2) is 5.82 Å². The van der Waals surface area contributed by atoms with Crippen LogP contribution in [-0.2, 0) is 11.2 Å². The highest BCUT2D eigenvalue weighted by molar-refractivity contribution is 5.75. The predicted octanol–water partition coefficient (Wildman–Crippen LogP) is -0.614. The summed E-state index contributed by atoms with van der Waals surface area (Å²) in [5, 5.41) is 6.40. The minimum atomic E-state index is -0.0484. The van der Waals surface area contributed by atoms with Crippen molar-refractivity contribution < 1.29 is 9.32 Å². The molecule has 0 aliphatic carbocycles. The van der Waals surface area contributed by atoms with Crippen molar-refractivity contribution in [1.29, 1.82) is 0 Å². The zero-order chi connectivity index (χ0) is 10.4.